The van der Waals surface area contributed by atoms with Gasteiger partial charge in [0, 0.05) is 17.3 Å². The van der Waals surface area contributed by atoms with Crippen LogP contribution in [0.2, 0.25) is 5.02 Å². The number of amides is 1. The van der Waals surface area contributed by atoms with Crippen LogP contribution in [0.5, 0.6) is 5.75 Å². The molecule has 1 atom stereocenters. The molecule has 0 fully saturated rings. The van der Waals surface area contributed by atoms with Gasteiger partial charge >= 0.3 is 0 Å². The Kier molecular flexibility index (Phi) is 4.67. The summed E-state index contributed by atoms with van der Waals surface area (Å²) in [5, 5.41) is 22.5. The van der Waals surface area contributed by atoms with E-state index in [-0.39, 0.29) is 17.9 Å². The third-order valence-electron chi connectivity index (χ3n) is 2.98. The van der Waals surface area contributed by atoms with Gasteiger partial charge in [0.05, 0.1) is 11.7 Å². The maximum Gasteiger partial charge on any atom is 0.255 e. The number of nitrogens with one attached hydrogen (secondary N) is 1. The summed E-state index contributed by atoms with van der Waals surface area (Å²) >= 11 is 5.78. The highest BCUT2D eigenvalue weighted by Gasteiger charge is 2.14. The van der Waals surface area contributed by atoms with Crippen LogP contribution in [0.3, 0.4) is 0 Å². The highest BCUT2D eigenvalue weighted by atomic mass is 35.5. The fourth-order valence-corrected chi connectivity index (χ4v) is 1.98. The lowest BCUT2D eigenvalue weighted by Gasteiger charge is -2.13. The van der Waals surface area contributed by atoms with Gasteiger partial charge in [-0.15, -0.1) is 0 Å². The predicted octanol–water partition coefficient (Wildman–Crippen LogP) is 2.09. The fourth-order valence-electron chi connectivity index (χ4n) is 1.81. The molecule has 5 nitrogen and oxygen atoms in total. The summed E-state index contributed by atoms with van der Waals surface area (Å²) < 4.78 is 0. The van der Waals surface area contributed by atoms with E-state index in [4.69, 9.17) is 17.3 Å². The van der Waals surface area contributed by atoms with Crippen molar-refractivity contribution >= 4 is 23.2 Å². The van der Waals surface area contributed by atoms with Crippen LogP contribution in [0, 0.1) is 0 Å². The standard InChI is InChI=1S/C15H15ClN2O3/c16-10-3-6-13(19)12(7-10)15(21)18-8-14(20)9-1-4-11(17)5-2-9/h1-7,14,19-20H,8,17H2,(H,18,21). The number of halogens is 1. The summed E-state index contributed by atoms with van der Waals surface area (Å²) in [6.07, 6.45) is -0.865. The van der Waals surface area contributed by atoms with Gasteiger partial charge in [-0.05, 0) is 35.9 Å². The molecule has 5 N–H and O–H groups in total. The van der Waals surface area contributed by atoms with Gasteiger partial charge in [0.1, 0.15) is 5.75 Å². The molecule has 0 saturated heterocycles. The SMILES string of the molecule is Nc1ccc(C(O)CNC(=O)c2cc(Cl)ccc2O)cc1. The number of phenolic OH excluding ortho intramolecular Hbond substituents is 1. The summed E-state index contributed by atoms with van der Waals surface area (Å²) in [7, 11) is 0. The van der Waals surface area contributed by atoms with Crippen LogP contribution in [0.4, 0.5) is 5.69 Å². The minimum absolute atomic E-state index is 0.00864. The van der Waals surface area contributed by atoms with Crippen LogP contribution in [-0.4, -0.2) is 22.7 Å². The normalized spacial score (nSPS) is 11.9. The van der Waals surface area contributed by atoms with Crippen molar-refractivity contribution in [1.29, 1.82) is 0 Å². The summed E-state index contributed by atoms with van der Waals surface area (Å²) in [5.41, 5.74) is 6.86. The van der Waals surface area contributed by atoms with E-state index >= 15 is 0 Å². The van der Waals surface area contributed by atoms with Crippen LogP contribution in [0.1, 0.15) is 22.0 Å². The summed E-state index contributed by atoms with van der Waals surface area (Å²) in [4.78, 5) is 11.9. The molecule has 0 heterocycles. The smallest absolute Gasteiger partial charge is 0.255 e. The number of carbonyl (C=O) groups is 1. The number of phenols is 1. The number of hydrogen-bond donors (Lipinski definition) is 4. The van der Waals surface area contributed by atoms with Crippen LogP contribution >= 0.6 is 11.6 Å². The zero-order valence-electron chi connectivity index (χ0n) is 11.1. The topological polar surface area (TPSA) is 95.6 Å². The first-order valence-electron chi connectivity index (χ1n) is 6.27. The van der Waals surface area contributed by atoms with Crippen molar-refractivity contribution in [2.75, 3.05) is 12.3 Å². The van der Waals surface area contributed by atoms with E-state index in [0.717, 1.165) is 0 Å². The zero-order valence-corrected chi connectivity index (χ0v) is 11.8. The van der Waals surface area contributed by atoms with Crippen LogP contribution < -0.4 is 11.1 Å². The molecule has 110 valence electrons. The molecule has 6 heteroatoms. The lowest BCUT2D eigenvalue weighted by molar-refractivity contribution is 0.0913. The van der Waals surface area contributed by atoms with Crippen molar-refractivity contribution in [2.24, 2.45) is 0 Å². The van der Waals surface area contributed by atoms with Crippen molar-refractivity contribution in [3.05, 3.63) is 58.6 Å². The second-order valence-corrected chi connectivity index (χ2v) is 4.99. The average molecular weight is 307 g/mol. The van der Waals surface area contributed by atoms with Gasteiger partial charge in [-0.3, -0.25) is 4.79 Å². The number of benzene rings is 2. The van der Waals surface area contributed by atoms with E-state index in [1.165, 1.54) is 18.2 Å². The molecular weight excluding hydrogens is 292 g/mol. The molecule has 0 spiro atoms. The molecule has 0 aliphatic carbocycles. The Bertz CT molecular complexity index is 644. The highest BCUT2D eigenvalue weighted by molar-refractivity contribution is 6.31. The van der Waals surface area contributed by atoms with E-state index in [1.54, 1.807) is 24.3 Å². The number of aromatic hydroxyl groups is 1. The van der Waals surface area contributed by atoms with E-state index in [2.05, 4.69) is 5.32 Å². The van der Waals surface area contributed by atoms with Crippen LogP contribution in [0.15, 0.2) is 42.5 Å². The van der Waals surface area contributed by atoms with Gasteiger partial charge in [0.15, 0.2) is 0 Å². The van der Waals surface area contributed by atoms with Gasteiger partial charge in [-0.1, -0.05) is 23.7 Å². The second-order valence-electron chi connectivity index (χ2n) is 4.55. The van der Waals surface area contributed by atoms with Crippen molar-refractivity contribution in [2.45, 2.75) is 6.10 Å². The largest absolute Gasteiger partial charge is 0.507 e. The quantitative estimate of drug-likeness (QED) is 0.650. The minimum atomic E-state index is -0.865. The minimum Gasteiger partial charge on any atom is -0.507 e. The number of aliphatic hydroxyl groups excluding tert-OH is 1. The summed E-state index contributed by atoms with van der Waals surface area (Å²) in [6, 6.07) is 10.9. The molecule has 1 unspecified atom stereocenters. The Morgan fingerprint density at radius 2 is 1.90 bits per heavy atom. The lowest BCUT2D eigenvalue weighted by atomic mass is 10.1. The van der Waals surface area contributed by atoms with Crippen molar-refractivity contribution in [3.8, 4) is 5.75 Å². The van der Waals surface area contributed by atoms with Crippen molar-refractivity contribution in [1.82, 2.24) is 5.32 Å². The van der Waals surface area contributed by atoms with Crippen molar-refractivity contribution < 1.29 is 15.0 Å². The number of nitrogens with two attached hydrogens (primary N) is 1. The highest BCUT2D eigenvalue weighted by Crippen LogP contribution is 2.21. The molecule has 1 amide bonds. The molecule has 0 aliphatic heterocycles. The zero-order chi connectivity index (χ0) is 15.4. The average Bonchev–Trinajstić information content (AvgIpc) is 2.47. The fraction of sp³-hybridized carbons (Fsp3) is 0.133. The van der Waals surface area contributed by atoms with E-state index in [0.29, 0.717) is 16.3 Å². The Labute approximate surface area is 127 Å². The first kappa shape index (κ1) is 15.2. The van der Waals surface area contributed by atoms with E-state index in [9.17, 15) is 15.0 Å². The predicted molar refractivity (Wildman–Crippen MR) is 81.3 cm³/mol. The third kappa shape index (κ3) is 3.87. The van der Waals surface area contributed by atoms with E-state index < -0.39 is 12.0 Å². The van der Waals surface area contributed by atoms with Crippen molar-refractivity contribution in [3.63, 3.8) is 0 Å². The number of hydrogen-bond acceptors (Lipinski definition) is 4. The molecule has 2 rings (SSSR count). The maximum atomic E-state index is 11.9. The Morgan fingerprint density at radius 1 is 1.24 bits per heavy atom. The lowest BCUT2D eigenvalue weighted by Crippen LogP contribution is -2.28. The molecule has 2 aromatic carbocycles. The number of carbonyl (C=O) groups excluding carboxylic acids is 1. The molecule has 0 aliphatic rings. The van der Waals surface area contributed by atoms with Crippen LogP contribution in [-0.2, 0) is 0 Å². The second kappa shape index (κ2) is 6.47. The number of anilines is 1. The molecule has 2 aromatic rings. The molecule has 0 aromatic heterocycles. The Hall–Kier alpha value is -2.24. The number of aliphatic hydroxyl groups is 1. The van der Waals surface area contributed by atoms with E-state index in [1.807, 2.05) is 0 Å². The Balaban J connectivity index is 2.00. The third-order valence-corrected chi connectivity index (χ3v) is 3.22. The van der Waals surface area contributed by atoms with Gasteiger partial charge in [-0.2, -0.15) is 0 Å². The summed E-state index contributed by atoms with van der Waals surface area (Å²) in [5.74, 6) is -0.677. The first-order valence-corrected chi connectivity index (χ1v) is 6.65. The van der Waals surface area contributed by atoms with Crippen LogP contribution in [0.25, 0.3) is 0 Å². The molecule has 0 saturated carbocycles. The number of nitrogen functional groups attached to an aromatic ring is 1. The summed E-state index contributed by atoms with van der Waals surface area (Å²) in [6.45, 7) is 0.00864. The van der Waals surface area contributed by atoms with Gasteiger partial charge < -0.3 is 21.3 Å². The number of rotatable bonds is 4. The molecular formula is C15H15ClN2O3. The Morgan fingerprint density at radius 3 is 2.57 bits per heavy atom. The first-order chi connectivity index (χ1) is 9.97. The molecule has 0 radical (unpaired) electrons. The van der Waals surface area contributed by atoms with Gasteiger partial charge in [-0.25, -0.2) is 0 Å². The van der Waals surface area contributed by atoms with Gasteiger partial charge in [0.25, 0.3) is 5.91 Å². The van der Waals surface area contributed by atoms with Gasteiger partial charge in [0.2, 0.25) is 0 Å². The molecule has 0 bridgehead atoms. The molecule has 21 heavy (non-hydrogen) atoms. The monoisotopic (exact) mass is 306 g/mol. The maximum absolute atomic E-state index is 11.9.